The van der Waals surface area contributed by atoms with Crippen LogP contribution in [-0.4, -0.2) is 26.5 Å². The molecule has 2 rings (SSSR count). The molecule has 0 spiro atoms. The molecular weight excluding hydrogens is 232 g/mol. The van der Waals surface area contributed by atoms with E-state index in [1.54, 1.807) is 19.1 Å². The maximum absolute atomic E-state index is 10.6. The van der Waals surface area contributed by atoms with E-state index in [1.165, 1.54) is 6.26 Å². The van der Waals surface area contributed by atoms with Crippen LogP contribution in [0.15, 0.2) is 32.5 Å². The quantitative estimate of drug-likeness (QED) is 0.816. The van der Waals surface area contributed by atoms with E-state index >= 15 is 0 Å². The summed E-state index contributed by atoms with van der Waals surface area (Å²) in [5.74, 6) is -0.227. The molecule has 0 saturated heterocycles. The van der Waals surface area contributed by atoms with Gasteiger partial charge in [0.05, 0.1) is 6.26 Å². The molecule has 7 heteroatoms. The number of thioether (sulfide) groups is 1. The van der Waals surface area contributed by atoms with Crippen LogP contribution >= 0.6 is 11.8 Å². The van der Waals surface area contributed by atoms with Crippen LogP contribution in [0.2, 0.25) is 0 Å². The molecule has 2 aromatic heterocycles. The van der Waals surface area contributed by atoms with Crippen LogP contribution in [0.3, 0.4) is 0 Å². The molecule has 0 aliphatic carbocycles. The summed E-state index contributed by atoms with van der Waals surface area (Å²) in [4.78, 5) is 10.6. The predicted molar refractivity (Wildman–Crippen MR) is 55.0 cm³/mol. The van der Waals surface area contributed by atoms with Crippen molar-refractivity contribution in [2.75, 3.05) is 0 Å². The molecule has 0 aliphatic rings. The Balaban J connectivity index is 2.11. The van der Waals surface area contributed by atoms with Crippen molar-refractivity contribution in [2.45, 2.75) is 17.4 Å². The van der Waals surface area contributed by atoms with Crippen molar-refractivity contribution in [1.82, 2.24) is 10.2 Å². The van der Waals surface area contributed by atoms with Gasteiger partial charge < -0.3 is 13.9 Å². The zero-order valence-corrected chi connectivity index (χ0v) is 9.10. The summed E-state index contributed by atoms with van der Waals surface area (Å²) in [6, 6.07) is 3.38. The fourth-order valence-corrected chi connectivity index (χ4v) is 1.58. The molecule has 0 amide bonds. The summed E-state index contributed by atoms with van der Waals surface area (Å²) in [7, 11) is 0. The summed E-state index contributed by atoms with van der Waals surface area (Å²) in [6.07, 6.45) is 1.49. The Hall–Kier alpha value is -1.76. The fourth-order valence-electron chi connectivity index (χ4n) is 0.959. The average Bonchev–Trinajstić information content (AvgIpc) is 2.85. The van der Waals surface area contributed by atoms with Crippen molar-refractivity contribution in [2.24, 2.45) is 0 Å². The van der Waals surface area contributed by atoms with Gasteiger partial charge in [-0.1, -0.05) is 11.8 Å². The van der Waals surface area contributed by atoms with Gasteiger partial charge in [0.25, 0.3) is 11.1 Å². The number of carboxylic acid groups (broad SMARTS) is 1. The van der Waals surface area contributed by atoms with Gasteiger partial charge in [-0.15, -0.1) is 10.2 Å². The van der Waals surface area contributed by atoms with E-state index in [-0.39, 0.29) is 11.1 Å². The van der Waals surface area contributed by atoms with Gasteiger partial charge in [-0.2, -0.15) is 0 Å². The van der Waals surface area contributed by atoms with Gasteiger partial charge >= 0.3 is 5.97 Å². The van der Waals surface area contributed by atoms with E-state index in [1.807, 2.05) is 0 Å². The Labute approximate surface area is 94.7 Å². The van der Waals surface area contributed by atoms with E-state index in [0.29, 0.717) is 5.76 Å². The third-order valence-corrected chi connectivity index (χ3v) is 2.69. The number of aromatic nitrogens is 2. The second-order valence-electron chi connectivity index (χ2n) is 2.95. The van der Waals surface area contributed by atoms with Crippen molar-refractivity contribution in [3.05, 3.63) is 18.4 Å². The van der Waals surface area contributed by atoms with Crippen molar-refractivity contribution in [1.29, 1.82) is 0 Å². The molecule has 0 aliphatic heterocycles. The number of hydrogen-bond donors (Lipinski definition) is 1. The van der Waals surface area contributed by atoms with Crippen LogP contribution in [0.5, 0.6) is 0 Å². The maximum atomic E-state index is 10.6. The smallest absolute Gasteiger partial charge is 0.316 e. The molecule has 0 fully saturated rings. The van der Waals surface area contributed by atoms with Crippen LogP contribution in [0.4, 0.5) is 0 Å². The van der Waals surface area contributed by atoms with Gasteiger partial charge in [0.15, 0.2) is 5.76 Å². The Morgan fingerprint density at radius 2 is 2.38 bits per heavy atom. The summed E-state index contributed by atoms with van der Waals surface area (Å²) < 4.78 is 10.3. The van der Waals surface area contributed by atoms with Crippen molar-refractivity contribution >= 4 is 17.7 Å². The molecule has 0 aromatic carbocycles. The van der Waals surface area contributed by atoms with Gasteiger partial charge in [-0.05, 0) is 19.1 Å². The molecule has 0 bridgehead atoms. The second-order valence-corrected chi connectivity index (χ2v) is 4.24. The Morgan fingerprint density at radius 1 is 1.56 bits per heavy atom. The Morgan fingerprint density at radius 3 is 3.00 bits per heavy atom. The number of carboxylic acids is 1. The molecule has 6 nitrogen and oxygen atoms in total. The predicted octanol–water partition coefficient (Wildman–Crippen LogP) is 1.89. The van der Waals surface area contributed by atoms with E-state index in [0.717, 1.165) is 11.8 Å². The highest BCUT2D eigenvalue weighted by atomic mass is 32.2. The molecule has 0 saturated carbocycles. The first-order chi connectivity index (χ1) is 7.66. The minimum Gasteiger partial charge on any atom is -0.480 e. The minimum absolute atomic E-state index is 0.210. The number of hydrogen-bond acceptors (Lipinski definition) is 6. The summed E-state index contributed by atoms with van der Waals surface area (Å²) >= 11 is 0.988. The van der Waals surface area contributed by atoms with Crippen molar-refractivity contribution in [3.63, 3.8) is 0 Å². The lowest BCUT2D eigenvalue weighted by atomic mass is 10.5. The lowest BCUT2D eigenvalue weighted by molar-refractivity contribution is -0.136. The van der Waals surface area contributed by atoms with Crippen LogP contribution in [0.25, 0.3) is 11.7 Å². The minimum atomic E-state index is -0.928. The molecular formula is C9H8N2O4S. The standard InChI is InChI=1S/C9H8N2O4S/c1-5(8(12)13)16-9-11-10-7(15-9)6-3-2-4-14-6/h2-5H,1H3,(H,12,13). The van der Waals surface area contributed by atoms with E-state index in [4.69, 9.17) is 13.9 Å². The zero-order valence-electron chi connectivity index (χ0n) is 8.28. The molecule has 16 heavy (non-hydrogen) atoms. The highest BCUT2D eigenvalue weighted by Crippen LogP contribution is 2.26. The Kier molecular flexibility index (Phi) is 2.95. The third kappa shape index (κ3) is 2.25. The maximum Gasteiger partial charge on any atom is 0.316 e. The number of carbonyl (C=O) groups is 1. The lowest BCUT2D eigenvalue weighted by Crippen LogP contribution is -2.10. The largest absolute Gasteiger partial charge is 0.480 e. The SMILES string of the molecule is CC(Sc1nnc(-c2ccco2)o1)C(=O)O. The number of furan rings is 1. The molecule has 1 unspecified atom stereocenters. The van der Waals surface area contributed by atoms with Crippen molar-refractivity contribution < 1.29 is 18.7 Å². The van der Waals surface area contributed by atoms with Crippen molar-refractivity contribution in [3.8, 4) is 11.7 Å². The summed E-state index contributed by atoms with van der Waals surface area (Å²) in [5, 5.41) is 15.7. The third-order valence-electron chi connectivity index (χ3n) is 1.76. The first-order valence-electron chi connectivity index (χ1n) is 4.43. The fraction of sp³-hybridized carbons (Fsp3) is 0.222. The van der Waals surface area contributed by atoms with Crippen LogP contribution in [0.1, 0.15) is 6.92 Å². The number of nitrogens with zero attached hydrogens (tertiary/aromatic N) is 2. The van der Waals surface area contributed by atoms with Gasteiger partial charge in [0.1, 0.15) is 5.25 Å². The average molecular weight is 240 g/mol. The van der Waals surface area contributed by atoms with E-state index < -0.39 is 11.2 Å². The van der Waals surface area contributed by atoms with Gasteiger partial charge in [0, 0.05) is 0 Å². The first kappa shape index (κ1) is 10.7. The summed E-state index contributed by atoms with van der Waals surface area (Å²) in [6.45, 7) is 1.55. The Bertz CT molecular complexity index is 479. The molecule has 2 aromatic rings. The number of rotatable bonds is 4. The second kappa shape index (κ2) is 4.40. The van der Waals surface area contributed by atoms with E-state index in [9.17, 15) is 4.79 Å². The first-order valence-corrected chi connectivity index (χ1v) is 5.31. The normalized spacial score (nSPS) is 12.6. The van der Waals surface area contributed by atoms with Crippen LogP contribution < -0.4 is 0 Å². The van der Waals surface area contributed by atoms with Crippen LogP contribution in [-0.2, 0) is 4.79 Å². The summed E-state index contributed by atoms with van der Waals surface area (Å²) in [5.41, 5.74) is 0. The molecule has 0 radical (unpaired) electrons. The van der Waals surface area contributed by atoms with Gasteiger partial charge in [0.2, 0.25) is 0 Å². The zero-order chi connectivity index (χ0) is 11.5. The molecule has 1 N–H and O–H groups in total. The highest BCUT2D eigenvalue weighted by molar-refractivity contribution is 8.00. The van der Waals surface area contributed by atoms with Gasteiger partial charge in [-0.25, -0.2) is 0 Å². The topological polar surface area (TPSA) is 89.4 Å². The molecule has 2 heterocycles. The molecule has 84 valence electrons. The lowest BCUT2D eigenvalue weighted by Gasteiger charge is -1.99. The van der Waals surface area contributed by atoms with Crippen LogP contribution in [0, 0.1) is 0 Å². The molecule has 1 atom stereocenters. The van der Waals surface area contributed by atoms with Gasteiger partial charge in [-0.3, -0.25) is 4.79 Å². The number of aliphatic carboxylic acids is 1. The monoisotopic (exact) mass is 240 g/mol. The van der Waals surface area contributed by atoms with E-state index in [2.05, 4.69) is 10.2 Å². The highest BCUT2D eigenvalue weighted by Gasteiger charge is 2.18.